The monoisotopic (exact) mass is 321 g/mol. The molecule has 124 valence electrons. The number of aromatic nitrogens is 2. The second kappa shape index (κ2) is 7.21. The molecule has 3 N–H and O–H groups in total. The minimum Gasteiger partial charge on any atom is -0.487 e. The fourth-order valence-electron chi connectivity index (χ4n) is 2.63. The molecule has 2 aromatic carbocycles. The number of aromatic amines is 1. The number of para-hydroxylation sites is 1. The molecule has 0 aliphatic heterocycles. The lowest BCUT2D eigenvalue weighted by atomic mass is 9.98. The van der Waals surface area contributed by atoms with Crippen LogP contribution in [0.2, 0.25) is 0 Å². The molecule has 4 heteroatoms. The van der Waals surface area contributed by atoms with Crippen LogP contribution >= 0.6 is 0 Å². The van der Waals surface area contributed by atoms with Gasteiger partial charge in [-0.25, -0.2) is 0 Å². The van der Waals surface area contributed by atoms with Crippen molar-refractivity contribution < 1.29 is 4.74 Å². The minimum absolute atomic E-state index is 0.468. The van der Waals surface area contributed by atoms with E-state index in [1.165, 1.54) is 5.56 Å². The number of hydrogen-bond donors (Lipinski definition) is 2. The van der Waals surface area contributed by atoms with E-state index in [0.29, 0.717) is 12.5 Å². The van der Waals surface area contributed by atoms with Crippen LogP contribution in [-0.2, 0) is 6.61 Å². The molecule has 0 fully saturated rings. The standard InChI is InChI=1S/C20H23N3O/c1-3-14(2)18-6-4-5-7-20(18)24-13-17-12-19(23-22-17)15-8-10-16(21)11-9-15/h4-12,14H,3,13,21H2,1-2H3,(H,22,23). The van der Waals surface area contributed by atoms with Crippen LogP contribution in [0.15, 0.2) is 54.6 Å². The van der Waals surface area contributed by atoms with Crippen LogP contribution in [0.25, 0.3) is 11.3 Å². The summed E-state index contributed by atoms with van der Waals surface area (Å²) in [6.45, 7) is 4.88. The Morgan fingerprint density at radius 3 is 2.62 bits per heavy atom. The van der Waals surface area contributed by atoms with E-state index in [-0.39, 0.29) is 0 Å². The van der Waals surface area contributed by atoms with Gasteiger partial charge in [0.2, 0.25) is 0 Å². The van der Waals surface area contributed by atoms with Gasteiger partial charge in [0.1, 0.15) is 12.4 Å². The van der Waals surface area contributed by atoms with Crippen molar-refractivity contribution in [3.05, 3.63) is 65.9 Å². The second-order valence-corrected chi connectivity index (χ2v) is 6.04. The summed E-state index contributed by atoms with van der Waals surface area (Å²) in [5.41, 5.74) is 10.6. The highest BCUT2D eigenvalue weighted by molar-refractivity contribution is 5.61. The Labute approximate surface area is 142 Å². The van der Waals surface area contributed by atoms with Crippen LogP contribution in [0.3, 0.4) is 0 Å². The average Bonchev–Trinajstić information content (AvgIpc) is 3.09. The van der Waals surface area contributed by atoms with Gasteiger partial charge in [-0.3, -0.25) is 5.10 Å². The van der Waals surface area contributed by atoms with E-state index in [9.17, 15) is 0 Å². The molecule has 1 atom stereocenters. The zero-order valence-electron chi connectivity index (χ0n) is 14.1. The molecular weight excluding hydrogens is 298 g/mol. The van der Waals surface area contributed by atoms with Crippen LogP contribution in [0, 0.1) is 0 Å². The maximum Gasteiger partial charge on any atom is 0.130 e. The van der Waals surface area contributed by atoms with E-state index in [2.05, 4.69) is 36.2 Å². The van der Waals surface area contributed by atoms with Crippen molar-refractivity contribution >= 4 is 5.69 Å². The molecule has 0 saturated carbocycles. The molecule has 0 aliphatic rings. The normalized spacial score (nSPS) is 12.1. The fraction of sp³-hybridized carbons (Fsp3) is 0.250. The van der Waals surface area contributed by atoms with Gasteiger partial charge >= 0.3 is 0 Å². The largest absolute Gasteiger partial charge is 0.487 e. The van der Waals surface area contributed by atoms with Crippen LogP contribution in [0.4, 0.5) is 5.69 Å². The molecule has 0 radical (unpaired) electrons. The Hall–Kier alpha value is -2.75. The Morgan fingerprint density at radius 2 is 1.88 bits per heavy atom. The van der Waals surface area contributed by atoms with Gasteiger partial charge in [0.25, 0.3) is 0 Å². The SMILES string of the molecule is CCC(C)c1ccccc1OCc1cc(-c2ccc(N)cc2)n[nH]1. The molecule has 4 nitrogen and oxygen atoms in total. The van der Waals surface area contributed by atoms with Gasteiger partial charge in [0.05, 0.1) is 11.4 Å². The summed E-state index contributed by atoms with van der Waals surface area (Å²) in [5, 5.41) is 7.40. The molecule has 0 amide bonds. The highest BCUT2D eigenvalue weighted by Crippen LogP contribution is 2.29. The van der Waals surface area contributed by atoms with E-state index in [1.54, 1.807) is 0 Å². The van der Waals surface area contributed by atoms with E-state index < -0.39 is 0 Å². The lowest BCUT2D eigenvalue weighted by Gasteiger charge is -2.15. The van der Waals surface area contributed by atoms with E-state index in [4.69, 9.17) is 10.5 Å². The van der Waals surface area contributed by atoms with Crippen molar-refractivity contribution in [2.75, 3.05) is 5.73 Å². The molecule has 1 unspecified atom stereocenters. The molecule has 3 rings (SSSR count). The number of hydrogen-bond acceptors (Lipinski definition) is 3. The van der Waals surface area contributed by atoms with E-state index in [0.717, 1.165) is 34.8 Å². The van der Waals surface area contributed by atoms with Crippen molar-refractivity contribution in [3.8, 4) is 17.0 Å². The summed E-state index contributed by atoms with van der Waals surface area (Å²) in [5.74, 6) is 1.42. The van der Waals surface area contributed by atoms with Crippen LogP contribution < -0.4 is 10.5 Å². The number of nitrogens with zero attached hydrogens (tertiary/aromatic N) is 1. The van der Waals surface area contributed by atoms with Gasteiger partial charge in [0.15, 0.2) is 0 Å². The lowest BCUT2D eigenvalue weighted by Crippen LogP contribution is -2.01. The second-order valence-electron chi connectivity index (χ2n) is 6.04. The maximum absolute atomic E-state index is 6.02. The number of H-pyrrole nitrogens is 1. The van der Waals surface area contributed by atoms with E-state index in [1.807, 2.05) is 42.5 Å². The maximum atomic E-state index is 6.02. The minimum atomic E-state index is 0.468. The van der Waals surface area contributed by atoms with Gasteiger partial charge in [-0.05, 0) is 42.2 Å². The molecule has 3 aromatic rings. The Bertz CT molecular complexity index is 793. The predicted octanol–water partition coefficient (Wildman–Crippen LogP) is 4.75. The highest BCUT2D eigenvalue weighted by Gasteiger charge is 2.10. The Morgan fingerprint density at radius 1 is 1.12 bits per heavy atom. The molecule has 1 heterocycles. The summed E-state index contributed by atoms with van der Waals surface area (Å²) >= 11 is 0. The Balaban J connectivity index is 1.71. The third-order valence-electron chi connectivity index (χ3n) is 4.28. The topological polar surface area (TPSA) is 63.9 Å². The number of nitrogens with two attached hydrogens (primary N) is 1. The first-order chi connectivity index (χ1) is 11.7. The highest BCUT2D eigenvalue weighted by atomic mass is 16.5. The zero-order chi connectivity index (χ0) is 16.9. The van der Waals surface area contributed by atoms with Gasteiger partial charge in [-0.15, -0.1) is 0 Å². The molecule has 0 aliphatic carbocycles. The van der Waals surface area contributed by atoms with E-state index >= 15 is 0 Å². The molecule has 24 heavy (non-hydrogen) atoms. The zero-order valence-corrected chi connectivity index (χ0v) is 14.1. The third-order valence-corrected chi connectivity index (χ3v) is 4.28. The van der Waals surface area contributed by atoms with Crippen LogP contribution in [-0.4, -0.2) is 10.2 Å². The fourth-order valence-corrected chi connectivity index (χ4v) is 2.63. The molecule has 0 saturated heterocycles. The number of benzene rings is 2. The smallest absolute Gasteiger partial charge is 0.130 e. The third kappa shape index (κ3) is 3.59. The van der Waals surface area contributed by atoms with Crippen molar-refractivity contribution in [3.63, 3.8) is 0 Å². The summed E-state index contributed by atoms with van der Waals surface area (Å²) in [4.78, 5) is 0. The van der Waals surface area contributed by atoms with Crippen LogP contribution in [0.5, 0.6) is 5.75 Å². The Kier molecular flexibility index (Phi) is 4.85. The lowest BCUT2D eigenvalue weighted by molar-refractivity contribution is 0.296. The van der Waals surface area contributed by atoms with Gasteiger partial charge in [0, 0.05) is 11.3 Å². The average molecular weight is 321 g/mol. The quantitative estimate of drug-likeness (QED) is 0.644. The molecule has 0 spiro atoms. The molecular formula is C20H23N3O. The first-order valence-corrected chi connectivity index (χ1v) is 8.29. The summed E-state index contributed by atoms with van der Waals surface area (Å²) in [6, 6.07) is 17.9. The van der Waals surface area contributed by atoms with Gasteiger partial charge in [-0.2, -0.15) is 5.10 Å². The van der Waals surface area contributed by atoms with Crippen molar-refractivity contribution in [1.82, 2.24) is 10.2 Å². The van der Waals surface area contributed by atoms with Gasteiger partial charge in [-0.1, -0.05) is 44.2 Å². The van der Waals surface area contributed by atoms with Gasteiger partial charge < -0.3 is 10.5 Å². The molecule has 0 bridgehead atoms. The molecule has 1 aromatic heterocycles. The number of nitrogens with one attached hydrogen (secondary N) is 1. The van der Waals surface area contributed by atoms with Crippen LogP contribution in [0.1, 0.15) is 37.4 Å². The summed E-state index contributed by atoms with van der Waals surface area (Å²) in [7, 11) is 0. The first-order valence-electron chi connectivity index (χ1n) is 8.29. The summed E-state index contributed by atoms with van der Waals surface area (Å²) < 4.78 is 6.02. The predicted molar refractivity (Wildman–Crippen MR) is 97.9 cm³/mol. The number of rotatable bonds is 6. The summed E-state index contributed by atoms with van der Waals surface area (Å²) in [6.07, 6.45) is 1.09. The van der Waals surface area contributed by atoms with Crippen molar-refractivity contribution in [2.24, 2.45) is 0 Å². The number of ether oxygens (including phenoxy) is 1. The van der Waals surface area contributed by atoms with Crippen molar-refractivity contribution in [1.29, 1.82) is 0 Å². The first kappa shape index (κ1) is 16.1. The number of nitrogen functional groups attached to an aromatic ring is 1. The van der Waals surface area contributed by atoms with Crippen molar-refractivity contribution in [2.45, 2.75) is 32.8 Å². The number of anilines is 1.